The Hall–Kier alpha value is -1.88. The second-order valence-corrected chi connectivity index (χ2v) is 6.19. The van der Waals surface area contributed by atoms with Gasteiger partial charge in [-0.25, -0.2) is 0 Å². The molecule has 1 aromatic carbocycles. The van der Waals surface area contributed by atoms with E-state index in [2.05, 4.69) is 0 Å². The Labute approximate surface area is 131 Å². The highest BCUT2D eigenvalue weighted by molar-refractivity contribution is 5.80. The average molecular weight is 303 g/mol. The Kier molecular flexibility index (Phi) is 5.55. The number of likely N-dealkylation sites (tertiary alicyclic amines) is 1. The van der Waals surface area contributed by atoms with E-state index in [1.54, 1.807) is 0 Å². The van der Waals surface area contributed by atoms with Crippen LogP contribution in [0.4, 0.5) is 0 Å². The largest absolute Gasteiger partial charge is 0.370 e. The van der Waals surface area contributed by atoms with Crippen molar-refractivity contribution in [2.75, 3.05) is 13.1 Å². The lowest BCUT2D eigenvalue weighted by molar-refractivity contribution is -0.138. The molecule has 2 rings (SSSR count). The van der Waals surface area contributed by atoms with Crippen LogP contribution in [0.1, 0.15) is 37.8 Å². The molecule has 3 atom stereocenters. The molecule has 0 bridgehead atoms. The maximum Gasteiger partial charge on any atom is 0.227 e. The predicted molar refractivity (Wildman–Crippen MR) is 85.6 cm³/mol. The fourth-order valence-electron chi connectivity index (χ4n) is 3.12. The van der Waals surface area contributed by atoms with Gasteiger partial charge in [0.15, 0.2) is 0 Å². The average Bonchev–Trinajstić information content (AvgIpc) is 2.53. The molecular weight excluding hydrogens is 278 g/mol. The number of carbonyl (C=O) groups is 2. The number of nitrogens with zero attached hydrogens (tertiary/aromatic N) is 1. The number of carbonyl (C=O) groups excluding carboxylic acids is 2. The first-order valence-electron chi connectivity index (χ1n) is 7.86. The third-order valence-electron chi connectivity index (χ3n) is 4.43. The molecule has 1 aromatic rings. The van der Waals surface area contributed by atoms with Gasteiger partial charge in [0.2, 0.25) is 11.8 Å². The zero-order chi connectivity index (χ0) is 16.1. The highest BCUT2D eigenvalue weighted by Gasteiger charge is 2.30. The van der Waals surface area contributed by atoms with Gasteiger partial charge in [-0.3, -0.25) is 9.59 Å². The maximum absolute atomic E-state index is 12.7. The summed E-state index contributed by atoms with van der Waals surface area (Å²) in [5.41, 5.74) is 12.5. The van der Waals surface area contributed by atoms with Crippen molar-refractivity contribution < 1.29 is 9.59 Å². The molecule has 22 heavy (non-hydrogen) atoms. The highest BCUT2D eigenvalue weighted by atomic mass is 16.2. The van der Waals surface area contributed by atoms with Crippen molar-refractivity contribution in [3.05, 3.63) is 35.9 Å². The van der Waals surface area contributed by atoms with Crippen molar-refractivity contribution in [2.24, 2.45) is 23.3 Å². The van der Waals surface area contributed by atoms with Crippen LogP contribution >= 0.6 is 0 Å². The molecule has 2 amide bonds. The standard InChI is InChI=1S/C17H25N3O2/c1-12(16(19)14-7-3-2-4-8-14)17(22)20-9-5-6-13(11-20)10-15(18)21/h2-4,7-8,12-13,16H,5-6,9-11,19H2,1H3,(H2,18,21). The van der Waals surface area contributed by atoms with Crippen molar-refractivity contribution in [1.29, 1.82) is 0 Å². The van der Waals surface area contributed by atoms with Crippen LogP contribution in [-0.2, 0) is 9.59 Å². The molecule has 5 heteroatoms. The van der Waals surface area contributed by atoms with Crippen molar-refractivity contribution in [3.63, 3.8) is 0 Å². The smallest absolute Gasteiger partial charge is 0.227 e. The van der Waals surface area contributed by atoms with Gasteiger partial charge < -0.3 is 16.4 Å². The molecule has 0 saturated carbocycles. The van der Waals surface area contributed by atoms with Crippen LogP contribution in [0.5, 0.6) is 0 Å². The molecular formula is C17H25N3O2. The quantitative estimate of drug-likeness (QED) is 0.862. The summed E-state index contributed by atoms with van der Waals surface area (Å²) in [4.78, 5) is 25.6. The number of piperidine rings is 1. The first-order valence-corrected chi connectivity index (χ1v) is 7.86. The van der Waals surface area contributed by atoms with Crippen LogP contribution in [0, 0.1) is 11.8 Å². The van der Waals surface area contributed by atoms with E-state index in [1.807, 2.05) is 42.2 Å². The van der Waals surface area contributed by atoms with E-state index in [0.29, 0.717) is 13.0 Å². The molecule has 4 N–H and O–H groups in total. The number of primary amides is 1. The van der Waals surface area contributed by atoms with E-state index in [9.17, 15) is 9.59 Å². The van der Waals surface area contributed by atoms with Gasteiger partial charge >= 0.3 is 0 Å². The number of rotatable bonds is 5. The molecule has 1 heterocycles. The fraction of sp³-hybridized carbons (Fsp3) is 0.529. The van der Waals surface area contributed by atoms with Crippen LogP contribution in [0.2, 0.25) is 0 Å². The molecule has 1 fully saturated rings. The number of hydrogen-bond acceptors (Lipinski definition) is 3. The fourth-order valence-corrected chi connectivity index (χ4v) is 3.12. The van der Waals surface area contributed by atoms with Crippen LogP contribution in [0.15, 0.2) is 30.3 Å². The summed E-state index contributed by atoms with van der Waals surface area (Å²) in [6, 6.07) is 9.36. The third-order valence-corrected chi connectivity index (χ3v) is 4.43. The maximum atomic E-state index is 12.7. The van der Waals surface area contributed by atoms with Crippen LogP contribution < -0.4 is 11.5 Å². The van der Waals surface area contributed by atoms with Gasteiger partial charge in [-0.1, -0.05) is 37.3 Å². The Morgan fingerprint density at radius 3 is 2.64 bits per heavy atom. The van der Waals surface area contributed by atoms with Gasteiger partial charge in [0.1, 0.15) is 0 Å². The van der Waals surface area contributed by atoms with E-state index in [0.717, 1.165) is 24.9 Å². The summed E-state index contributed by atoms with van der Waals surface area (Å²) >= 11 is 0. The van der Waals surface area contributed by atoms with Gasteiger partial charge in [-0.2, -0.15) is 0 Å². The third kappa shape index (κ3) is 4.07. The molecule has 0 radical (unpaired) electrons. The first kappa shape index (κ1) is 16.5. The molecule has 0 aromatic heterocycles. The summed E-state index contributed by atoms with van der Waals surface area (Å²) in [7, 11) is 0. The zero-order valence-corrected chi connectivity index (χ0v) is 13.1. The minimum Gasteiger partial charge on any atom is -0.370 e. The molecule has 5 nitrogen and oxygen atoms in total. The van der Waals surface area contributed by atoms with Crippen molar-refractivity contribution in [3.8, 4) is 0 Å². The summed E-state index contributed by atoms with van der Waals surface area (Å²) in [5.74, 6) is -0.344. The minimum absolute atomic E-state index is 0.0607. The number of hydrogen-bond donors (Lipinski definition) is 2. The van der Waals surface area contributed by atoms with Gasteiger partial charge in [0, 0.05) is 25.6 Å². The normalized spacial score (nSPS) is 21.2. The molecule has 0 aliphatic carbocycles. The van der Waals surface area contributed by atoms with Crippen LogP contribution in [0.3, 0.4) is 0 Å². The van der Waals surface area contributed by atoms with E-state index < -0.39 is 0 Å². The zero-order valence-electron chi connectivity index (χ0n) is 13.1. The lowest BCUT2D eigenvalue weighted by atomic mass is 9.90. The van der Waals surface area contributed by atoms with Crippen LogP contribution in [0.25, 0.3) is 0 Å². The second-order valence-electron chi connectivity index (χ2n) is 6.19. The van der Waals surface area contributed by atoms with E-state index in [-0.39, 0.29) is 29.7 Å². The van der Waals surface area contributed by atoms with Gasteiger partial charge in [0.25, 0.3) is 0 Å². The molecule has 120 valence electrons. The van der Waals surface area contributed by atoms with Crippen molar-refractivity contribution >= 4 is 11.8 Å². The highest BCUT2D eigenvalue weighted by Crippen LogP contribution is 2.25. The predicted octanol–water partition coefficient (Wildman–Crippen LogP) is 1.44. The van der Waals surface area contributed by atoms with Crippen LogP contribution in [-0.4, -0.2) is 29.8 Å². The summed E-state index contributed by atoms with van der Waals surface area (Å²) in [6.45, 7) is 3.21. The Morgan fingerprint density at radius 1 is 1.32 bits per heavy atom. The number of benzene rings is 1. The Morgan fingerprint density at radius 2 is 2.00 bits per heavy atom. The summed E-state index contributed by atoms with van der Waals surface area (Å²) in [6.07, 6.45) is 2.21. The number of nitrogens with two attached hydrogens (primary N) is 2. The second kappa shape index (κ2) is 7.40. The van der Waals surface area contributed by atoms with Crippen molar-refractivity contribution in [1.82, 2.24) is 4.90 Å². The van der Waals surface area contributed by atoms with Gasteiger partial charge in [-0.05, 0) is 24.3 Å². The van der Waals surface area contributed by atoms with Gasteiger partial charge in [0.05, 0.1) is 5.92 Å². The minimum atomic E-state index is -0.315. The molecule has 1 aliphatic rings. The molecule has 1 aliphatic heterocycles. The van der Waals surface area contributed by atoms with Gasteiger partial charge in [-0.15, -0.1) is 0 Å². The van der Waals surface area contributed by atoms with E-state index >= 15 is 0 Å². The molecule has 3 unspecified atom stereocenters. The van der Waals surface area contributed by atoms with E-state index in [4.69, 9.17) is 11.5 Å². The molecule has 1 saturated heterocycles. The summed E-state index contributed by atoms with van der Waals surface area (Å²) < 4.78 is 0. The lowest BCUT2D eigenvalue weighted by Crippen LogP contribution is -2.45. The van der Waals surface area contributed by atoms with E-state index in [1.165, 1.54) is 0 Å². The Bertz CT molecular complexity index is 518. The molecule has 0 spiro atoms. The Balaban J connectivity index is 1.99. The van der Waals surface area contributed by atoms with Crippen molar-refractivity contribution in [2.45, 2.75) is 32.2 Å². The first-order chi connectivity index (χ1) is 10.5. The monoisotopic (exact) mass is 303 g/mol. The SMILES string of the molecule is CC(C(=O)N1CCCC(CC(N)=O)C1)C(N)c1ccccc1. The number of amides is 2. The topological polar surface area (TPSA) is 89.4 Å². The summed E-state index contributed by atoms with van der Waals surface area (Å²) in [5, 5.41) is 0. The lowest BCUT2D eigenvalue weighted by Gasteiger charge is -2.35.